The standard InChI is InChI=1S/C5H3BI2N2/c6-4-3-10(8)5(9-4)1-2-7/h1-3H/b2-1+. The Labute approximate surface area is 88.1 Å². The lowest BCUT2D eigenvalue weighted by Gasteiger charge is -1.87. The van der Waals surface area contributed by atoms with E-state index in [-0.39, 0.29) is 0 Å². The topological polar surface area (TPSA) is 17.8 Å². The van der Waals surface area contributed by atoms with Gasteiger partial charge in [0.25, 0.3) is 0 Å². The molecule has 1 aromatic heterocycles. The number of hydrogen-bond donors (Lipinski definition) is 0. The number of imidazole rings is 1. The van der Waals surface area contributed by atoms with Gasteiger partial charge in [-0.15, -0.1) is 0 Å². The van der Waals surface area contributed by atoms with E-state index in [1.165, 1.54) is 0 Å². The first kappa shape index (κ1) is 8.57. The van der Waals surface area contributed by atoms with Gasteiger partial charge >= 0.3 is 0 Å². The molecule has 0 aliphatic rings. The van der Waals surface area contributed by atoms with Crippen molar-refractivity contribution in [3.8, 4) is 0 Å². The lowest BCUT2D eigenvalue weighted by atomic mass is 10.1. The summed E-state index contributed by atoms with van der Waals surface area (Å²) >= 11 is 4.26. The molecule has 0 aliphatic carbocycles. The minimum Gasteiger partial charge on any atom is -0.273 e. The summed E-state index contributed by atoms with van der Waals surface area (Å²) in [6.45, 7) is 0. The van der Waals surface area contributed by atoms with Gasteiger partial charge in [0.2, 0.25) is 0 Å². The van der Waals surface area contributed by atoms with Crippen LogP contribution in [0.2, 0.25) is 0 Å². The monoisotopic (exact) mass is 356 g/mol. The van der Waals surface area contributed by atoms with Crippen LogP contribution in [0.15, 0.2) is 10.3 Å². The van der Waals surface area contributed by atoms with Crippen LogP contribution in [0.1, 0.15) is 5.82 Å². The number of halogens is 2. The van der Waals surface area contributed by atoms with Crippen molar-refractivity contribution in [3.05, 3.63) is 16.1 Å². The second-order valence-electron chi connectivity index (χ2n) is 1.63. The van der Waals surface area contributed by atoms with E-state index in [4.69, 9.17) is 7.85 Å². The minimum atomic E-state index is 0.555. The molecule has 0 fully saturated rings. The van der Waals surface area contributed by atoms with Gasteiger partial charge in [-0.2, -0.15) is 0 Å². The van der Waals surface area contributed by atoms with Crippen LogP contribution in [-0.2, 0) is 0 Å². The highest BCUT2D eigenvalue weighted by molar-refractivity contribution is 14.1. The van der Waals surface area contributed by atoms with E-state index in [9.17, 15) is 0 Å². The molecule has 0 aliphatic heterocycles. The predicted octanol–water partition coefficient (Wildman–Crippen LogP) is 1.28. The molecule has 10 heavy (non-hydrogen) atoms. The number of nitrogens with zero attached hydrogens (tertiary/aromatic N) is 2. The van der Waals surface area contributed by atoms with Gasteiger partial charge in [0.05, 0.1) is 22.9 Å². The van der Waals surface area contributed by atoms with Crippen LogP contribution in [0.25, 0.3) is 6.08 Å². The van der Waals surface area contributed by atoms with Crippen molar-refractivity contribution in [2.75, 3.05) is 0 Å². The zero-order valence-corrected chi connectivity index (χ0v) is 9.27. The Bertz CT molecular complexity index is 256. The summed E-state index contributed by atoms with van der Waals surface area (Å²) in [5.41, 5.74) is 0.555. The molecule has 1 aromatic rings. The molecule has 0 saturated heterocycles. The van der Waals surface area contributed by atoms with Crippen LogP contribution in [0.5, 0.6) is 0 Å². The van der Waals surface area contributed by atoms with Crippen molar-refractivity contribution < 1.29 is 0 Å². The van der Waals surface area contributed by atoms with Crippen LogP contribution in [-0.4, -0.2) is 15.6 Å². The molecule has 1 rings (SSSR count). The molecule has 2 nitrogen and oxygen atoms in total. The Kier molecular flexibility index (Phi) is 3.21. The Hall–Kier alpha value is 0.475. The Balaban J connectivity index is 3.03. The smallest absolute Gasteiger partial charge is 0.144 e. The van der Waals surface area contributed by atoms with Gasteiger partial charge in [-0.25, -0.2) is 4.98 Å². The van der Waals surface area contributed by atoms with Crippen molar-refractivity contribution in [2.24, 2.45) is 0 Å². The van der Waals surface area contributed by atoms with E-state index in [1.54, 1.807) is 6.20 Å². The number of rotatable bonds is 1. The molecule has 50 valence electrons. The highest BCUT2D eigenvalue weighted by Gasteiger charge is 1.96. The average Bonchev–Trinajstić information content (AvgIpc) is 2.13. The van der Waals surface area contributed by atoms with Crippen LogP contribution >= 0.6 is 45.5 Å². The fourth-order valence-electron chi connectivity index (χ4n) is 0.556. The lowest BCUT2D eigenvalue weighted by Crippen LogP contribution is -2.00. The van der Waals surface area contributed by atoms with Crippen molar-refractivity contribution in [2.45, 2.75) is 0 Å². The molecule has 0 aromatic carbocycles. The van der Waals surface area contributed by atoms with E-state index in [2.05, 4.69) is 50.4 Å². The summed E-state index contributed by atoms with van der Waals surface area (Å²) in [5.74, 6) is 0.868. The molecule has 2 radical (unpaired) electrons. The highest BCUT2D eigenvalue weighted by atomic mass is 127. The fourth-order valence-corrected chi connectivity index (χ4v) is 1.43. The largest absolute Gasteiger partial charge is 0.273 e. The fraction of sp³-hybridized carbons (Fsp3) is 0. The van der Waals surface area contributed by atoms with Crippen molar-refractivity contribution in [1.29, 1.82) is 0 Å². The van der Waals surface area contributed by atoms with Crippen molar-refractivity contribution >= 4 is 65.0 Å². The number of aromatic nitrogens is 2. The molecule has 0 atom stereocenters. The molecule has 0 amide bonds. The van der Waals surface area contributed by atoms with Gasteiger partial charge < -0.3 is 0 Å². The molecular weight excluding hydrogens is 353 g/mol. The van der Waals surface area contributed by atoms with E-state index in [1.807, 2.05) is 12.9 Å². The van der Waals surface area contributed by atoms with Gasteiger partial charge in [-0.1, -0.05) is 22.6 Å². The molecule has 0 spiro atoms. The molecule has 0 saturated carbocycles. The van der Waals surface area contributed by atoms with Gasteiger partial charge in [0, 0.05) is 11.8 Å². The van der Waals surface area contributed by atoms with Crippen LogP contribution in [0.4, 0.5) is 0 Å². The normalized spacial score (nSPS) is 11.0. The molecule has 1 heterocycles. The number of hydrogen-bond acceptors (Lipinski definition) is 1. The third kappa shape index (κ3) is 1.98. The zero-order chi connectivity index (χ0) is 7.56. The van der Waals surface area contributed by atoms with Crippen LogP contribution < -0.4 is 5.59 Å². The van der Waals surface area contributed by atoms with Gasteiger partial charge in [-0.3, -0.25) is 2.78 Å². The summed E-state index contributed by atoms with van der Waals surface area (Å²) in [7, 11) is 5.44. The molecular formula is C5H3BI2N2. The Morgan fingerprint density at radius 3 is 2.80 bits per heavy atom. The maximum absolute atomic E-state index is 5.44. The van der Waals surface area contributed by atoms with E-state index >= 15 is 0 Å². The quantitative estimate of drug-likeness (QED) is 0.548. The SMILES string of the molecule is [B]c1cn(I)c(/C=C/I)n1. The molecule has 0 bridgehead atoms. The van der Waals surface area contributed by atoms with Crippen molar-refractivity contribution in [1.82, 2.24) is 7.76 Å². The Morgan fingerprint density at radius 1 is 1.70 bits per heavy atom. The van der Waals surface area contributed by atoms with E-state index in [0.29, 0.717) is 5.59 Å². The van der Waals surface area contributed by atoms with Crippen LogP contribution in [0, 0.1) is 0 Å². The van der Waals surface area contributed by atoms with Gasteiger partial charge in [-0.05, 0) is 10.2 Å². The molecule has 0 N–H and O–H groups in total. The first-order chi connectivity index (χ1) is 4.74. The predicted molar refractivity (Wildman–Crippen MR) is 60.1 cm³/mol. The second kappa shape index (κ2) is 3.75. The maximum atomic E-state index is 5.44. The average molecular weight is 356 g/mol. The van der Waals surface area contributed by atoms with Crippen LogP contribution in [0.3, 0.4) is 0 Å². The molecule has 0 unspecified atom stereocenters. The second-order valence-corrected chi connectivity index (χ2v) is 3.39. The third-order valence-corrected chi connectivity index (χ3v) is 2.05. The summed E-state index contributed by atoms with van der Waals surface area (Å²) in [4.78, 5) is 4.04. The first-order valence-corrected chi connectivity index (χ1v) is 4.73. The Morgan fingerprint density at radius 2 is 2.40 bits per heavy atom. The minimum absolute atomic E-state index is 0.555. The summed E-state index contributed by atoms with van der Waals surface area (Å²) in [6, 6.07) is 0. The lowest BCUT2D eigenvalue weighted by molar-refractivity contribution is 1.24. The molecule has 5 heteroatoms. The summed E-state index contributed by atoms with van der Waals surface area (Å²) < 4.78 is 3.75. The first-order valence-electron chi connectivity index (χ1n) is 2.52. The maximum Gasteiger partial charge on any atom is 0.144 e. The van der Waals surface area contributed by atoms with Gasteiger partial charge in [0.15, 0.2) is 0 Å². The summed E-state index contributed by atoms with van der Waals surface area (Å²) in [5, 5.41) is 0. The highest BCUT2D eigenvalue weighted by Crippen LogP contribution is 2.03. The van der Waals surface area contributed by atoms with E-state index < -0.39 is 0 Å². The summed E-state index contributed by atoms with van der Waals surface area (Å²) in [6.07, 6.45) is 3.66. The van der Waals surface area contributed by atoms with Gasteiger partial charge in [0.1, 0.15) is 13.7 Å². The van der Waals surface area contributed by atoms with E-state index in [0.717, 1.165) is 5.82 Å². The zero-order valence-electron chi connectivity index (χ0n) is 4.96. The third-order valence-electron chi connectivity index (χ3n) is 0.920. The van der Waals surface area contributed by atoms with Crippen molar-refractivity contribution in [3.63, 3.8) is 0 Å².